The first-order valence-electron chi connectivity index (χ1n) is 6.60. The summed E-state index contributed by atoms with van der Waals surface area (Å²) in [6.45, 7) is 2.62. The van der Waals surface area contributed by atoms with E-state index < -0.39 is 0 Å². The highest BCUT2D eigenvalue weighted by Crippen LogP contribution is 2.29. The van der Waals surface area contributed by atoms with Crippen LogP contribution in [0.25, 0.3) is 0 Å². The van der Waals surface area contributed by atoms with Crippen LogP contribution in [0.15, 0.2) is 46.9 Å². The Morgan fingerprint density at radius 2 is 1.80 bits per heavy atom. The van der Waals surface area contributed by atoms with Crippen LogP contribution < -0.4 is 5.32 Å². The number of hydrogen-bond donors (Lipinski definition) is 3. The molecule has 0 saturated carbocycles. The number of phenols is 2. The molecule has 0 amide bonds. The Morgan fingerprint density at radius 3 is 2.45 bits per heavy atom. The third kappa shape index (κ3) is 3.52. The van der Waals surface area contributed by atoms with Gasteiger partial charge in [-0.15, -0.1) is 0 Å². The lowest BCUT2D eigenvalue weighted by Gasteiger charge is -2.18. The van der Waals surface area contributed by atoms with Gasteiger partial charge in [0.25, 0.3) is 0 Å². The fourth-order valence-corrected chi connectivity index (χ4v) is 2.41. The molecular weight excluding hydrogens is 318 g/mol. The minimum absolute atomic E-state index is 0.0503. The molecule has 0 spiro atoms. The molecule has 0 saturated heterocycles. The summed E-state index contributed by atoms with van der Waals surface area (Å²) in [5.41, 5.74) is 1.90. The molecule has 3 nitrogen and oxygen atoms in total. The van der Waals surface area contributed by atoms with Crippen LogP contribution in [0, 0.1) is 0 Å². The van der Waals surface area contributed by atoms with Crippen molar-refractivity contribution in [2.45, 2.75) is 25.9 Å². The van der Waals surface area contributed by atoms with Crippen LogP contribution in [0.3, 0.4) is 0 Å². The standard InChI is InChI=1S/C16H18BrNO2/c1-2-14(11-6-8-13(17)9-7-11)18-10-12-4-3-5-15(19)16(12)20/h3-9,14,18-20H,2,10H2,1H3. The number of rotatable bonds is 5. The van der Waals surface area contributed by atoms with E-state index in [9.17, 15) is 10.2 Å². The van der Waals surface area contributed by atoms with Crippen molar-refractivity contribution in [3.05, 3.63) is 58.1 Å². The molecule has 0 heterocycles. The number of halogens is 1. The van der Waals surface area contributed by atoms with Gasteiger partial charge in [-0.05, 0) is 30.2 Å². The Labute approximate surface area is 127 Å². The zero-order chi connectivity index (χ0) is 14.5. The zero-order valence-electron chi connectivity index (χ0n) is 11.3. The Balaban J connectivity index is 2.07. The van der Waals surface area contributed by atoms with Crippen LogP contribution in [0.4, 0.5) is 0 Å². The van der Waals surface area contributed by atoms with Gasteiger partial charge in [-0.25, -0.2) is 0 Å². The third-order valence-electron chi connectivity index (χ3n) is 3.32. The van der Waals surface area contributed by atoms with E-state index in [1.807, 2.05) is 12.1 Å². The van der Waals surface area contributed by atoms with Gasteiger partial charge in [0.2, 0.25) is 0 Å². The van der Waals surface area contributed by atoms with Gasteiger partial charge in [0, 0.05) is 22.6 Å². The lowest BCUT2D eigenvalue weighted by molar-refractivity contribution is 0.395. The molecule has 1 unspecified atom stereocenters. The predicted molar refractivity (Wildman–Crippen MR) is 83.8 cm³/mol. The molecule has 0 aliphatic carbocycles. The quantitative estimate of drug-likeness (QED) is 0.721. The lowest BCUT2D eigenvalue weighted by Crippen LogP contribution is -2.20. The van der Waals surface area contributed by atoms with E-state index in [0.717, 1.165) is 10.9 Å². The van der Waals surface area contributed by atoms with E-state index in [0.29, 0.717) is 12.1 Å². The molecule has 0 fully saturated rings. The van der Waals surface area contributed by atoms with Crippen LogP contribution in [-0.2, 0) is 6.54 Å². The van der Waals surface area contributed by atoms with Gasteiger partial charge >= 0.3 is 0 Å². The fourth-order valence-electron chi connectivity index (χ4n) is 2.15. The number of phenolic OH excluding ortho intramolecular Hbond substituents is 2. The molecule has 0 aliphatic heterocycles. The molecule has 0 aliphatic rings. The third-order valence-corrected chi connectivity index (χ3v) is 3.85. The van der Waals surface area contributed by atoms with Gasteiger partial charge in [-0.2, -0.15) is 0 Å². The lowest BCUT2D eigenvalue weighted by atomic mass is 10.0. The molecule has 3 N–H and O–H groups in total. The number of benzene rings is 2. The smallest absolute Gasteiger partial charge is 0.161 e. The molecule has 20 heavy (non-hydrogen) atoms. The highest BCUT2D eigenvalue weighted by atomic mass is 79.9. The summed E-state index contributed by atoms with van der Waals surface area (Å²) in [4.78, 5) is 0. The van der Waals surface area contributed by atoms with Crippen LogP contribution in [0.1, 0.15) is 30.5 Å². The number of para-hydroxylation sites is 1. The summed E-state index contributed by atoms with van der Waals surface area (Å²) in [6, 6.07) is 13.4. The van der Waals surface area contributed by atoms with Gasteiger partial charge in [0.05, 0.1) is 0 Å². The average molecular weight is 336 g/mol. The van der Waals surface area contributed by atoms with Gasteiger partial charge in [0.1, 0.15) is 0 Å². The van der Waals surface area contributed by atoms with E-state index in [1.54, 1.807) is 12.1 Å². The van der Waals surface area contributed by atoms with E-state index in [4.69, 9.17) is 0 Å². The van der Waals surface area contributed by atoms with Crippen LogP contribution >= 0.6 is 15.9 Å². The second-order valence-electron chi connectivity index (χ2n) is 4.68. The van der Waals surface area contributed by atoms with E-state index in [1.165, 1.54) is 11.6 Å². The molecule has 2 aromatic carbocycles. The molecule has 106 valence electrons. The molecular formula is C16H18BrNO2. The second kappa shape index (κ2) is 6.77. The van der Waals surface area contributed by atoms with Crippen molar-refractivity contribution >= 4 is 15.9 Å². The maximum Gasteiger partial charge on any atom is 0.161 e. The molecule has 4 heteroatoms. The van der Waals surface area contributed by atoms with Crippen molar-refractivity contribution in [1.29, 1.82) is 0 Å². The highest BCUT2D eigenvalue weighted by Gasteiger charge is 2.11. The Kier molecular flexibility index (Phi) is 5.04. The van der Waals surface area contributed by atoms with Crippen molar-refractivity contribution in [3.63, 3.8) is 0 Å². The van der Waals surface area contributed by atoms with Crippen LogP contribution in [0.5, 0.6) is 11.5 Å². The van der Waals surface area contributed by atoms with Crippen molar-refractivity contribution in [1.82, 2.24) is 5.32 Å². The van der Waals surface area contributed by atoms with Crippen molar-refractivity contribution < 1.29 is 10.2 Å². The normalized spacial score (nSPS) is 12.3. The molecule has 1 atom stereocenters. The van der Waals surface area contributed by atoms with E-state index in [2.05, 4.69) is 40.3 Å². The fraction of sp³-hybridized carbons (Fsp3) is 0.250. The zero-order valence-corrected chi connectivity index (χ0v) is 12.9. The molecule has 0 bridgehead atoms. The van der Waals surface area contributed by atoms with E-state index in [-0.39, 0.29) is 17.5 Å². The Hall–Kier alpha value is -1.52. The number of aromatic hydroxyl groups is 2. The number of hydrogen-bond acceptors (Lipinski definition) is 3. The van der Waals surface area contributed by atoms with Crippen LogP contribution in [-0.4, -0.2) is 10.2 Å². The second-order valence-corrected chi connectivity index (χ2v) is 5.59. The maximum atomic E-state index is 9.79. The minimum atomic E-state index is -0.0824. The SMILES string of the molecule is CCC(NCc1cccc(O)c1O)c1ccc(Br)cc1. The monoisotopic (exact) mass is 335 g/mol. The Bertz CT molecular complexity index is 569. The summed E-state index contributed by atoms with van der Waals surface area (Å²) in [6.07, 6.45) is 0.946. The first-order valence-corrected chi connectivity index (χ1v) is 7.39. The van der Waals surface area contributed by atoms with Gasteiger partial charge in [-0.1, -0.05) is 47.1 Å². The summed E-state index contributed by atoms with van der Waals surface area (Å²) in [7, 11) is 0. The molecule has 2 aromatic rings. The van der Waals surface area contributed by atoms with Gasteiger partial charge < -0.3 is 15.5 Å². The van der Waals surface area contributed by atoms with Crippen molar-refractivity contribution in [2.24, 2.45) is 0 Å². The average Bonchev–Trinajstić information content (AvgIpc) is 2.45. The van der Waals surface area contributed by atoms with Crippen LogP contribution in [0.2, 0.25) is 0 Å². The Morgan fingerprint density at radius 1 is 1.10 bits per heavy atom. The molecule has 0 radical (unpaired) electrons. The molecule has 2 rings (SSSR count). The summed E-state index contributed by atoms with van der Waals surface area (Å²) < 4.78 is 1.06. The minimum Gasteiger partial charge on any atom is -0.504 e. The maximum absolute atomic E-state index is 9.79. The summed E-state index contributed by atoms with van der Waals surface area (Å²) in [5, 5.41) is 22.7. The predicted octanol–water partition coefficient (Wildman–Crippen LogP) is 4.10. The molecule has 0 aromatic heterocycles. The summed E-state index contributed by atoms with van der Waals surface area (Å²) in [5.74, 6) is -0.133. The van der Waals surface area contributed by atoms with Crippen molar-refractivity contribution in [2.75, 3.05) is 0 Å². The first kappa shape index (κ1) is 14.9. The summed E-state index contributed by atoms with van der Waals surface area (Å²) >= 11 is 3.43. The topological polar surface area (TPSA) is 52.5 Å². The number of nitrogens with one attached hydrogen (secondary N) is 1. The first-order chi connectivity index (χ1) is 9.61. The van der Waals surface area contributed by atoms with Gasteiger partial charge in [0.15, 0.2) is 11.5 Å². The van der Waals surface area contributed by atoms with Gasteiger partial charge in [-0.3, -0.25) is 0 Å². The highest BCUT2D eigenvalue weighted by molar-refractivity contribution is 9.10. The van der Waals surface area contributed by atoms with Crippen molar-refractivity contribution in [3.8, 4) is 11.5 Å². The van der Waals surface area contributed by atoms with E-state index >= 15 is 0 Å². The largest absolute Gasteiger partial charge is 0.504 e.